The van der Waals surface area contributed by atoms with E-state index < -0.39 is 5.91 Å². The van der Waals surface area contributed by atoms with Crippen molar-refractivity contribution in [2.75, 3.05) is 18.2 Å². The second-order valence-corrected chi connectivity index (χ2v) is 9.38. The number of benzene rings is 1. The number of pyridine rings is 1. The summed E-state index contributed by atoms with van der Waals surface area (Å²) in [7, 11) is 1.62. The van der Waals surface area contributed by atoms with Crippen LogP contribution in [0.1, 0.15) is 39.2 Å². The van der Waals surface area contributed by atoms with Gasteiger partial charge in [0.2, 0.25) is 5.91 Å². The van der Waals surface area contributed by atoms with Crippen LogP contribution in [0.25, 0.3) is 10.9 Å². The van der Waals surface area contributed by atoms with Crippen molar-refractivity contribution in [2.24, 2.45) is 5.73 Å². The summed E-state index contributed by atoms with van der Waals surface area (Å²) in [6.07, 6.45) is 3.94. The van der Waals surface area contributed by atoms with Crippen LogP contribution in [0.4, 0.5) is 5.00 Å². The van der Waals surface area contributed by atoms with Gasteiger partial charge in [-0.25, -0.2) is 4.98 Å². The highest BCUT2D eigenvalue weighted by molar-refractivity contribution is 7.99. The number of rotatable bonds is 6. The van der Waals surface area contributed by atoms with E-state index in [1.807, 2.05) is 31.2 Å². The predicted molar refractivity (Wildman–Crippen MR) is 122 cm³/mol. The maximum Gasteiger partial charge on any atom is 0.251 e. The van der Waals surface area contributed by atoms with E-state index in [9.17, 15) is 9.59 Å². The molecule has 0 aliphatic heterocycles. The van der Waals surface area contributed by atoms with Crippen LogP contribution in [-0.2, 0) is 17.6 Å². The van der Waals surface area contributed by atoms with Crippen LogP contribution in [0.5, 0.6) is 5.75 Å². The number of nitrogens with two attached hydrogens (primary N) is 1. The first kappa shape index (κ1) is 20.7. The number of nitrogens with one attached hydrogen (secondary N) is 1. The summed E-state index contributed by atoms with van der Waals surface area (Å²) in [5.41, 5.74) is 9.03. The maximum atomic E-state index is 12.6. The van der Waals surface area contributed by atoms with Crippen LogP contribution in [0.2, 0.25) is 0 Å². The summed E-state index contributed by atoms with van der Waals surface area (Å²) in [4.78, 5) is 30.4. The molecule has 0 unspecified atom stereocenters. The fourth-order valence-corrected chi connectivity index (χ4v) is 5.85. The second-order valence-electron chi connectivity index (χ2n) is 7.28. The Bertz CT molecular complexity index is 1140. The van der Waals surface area contributed by atoms with E-state index in [4.69, 9.17) is 10.5 Å². The first-order valence-corrected chi connectivity index (χ1v) is 11.6. The molecular formula is C22H23N3O3S2. The third-order valence-electron chi connectivity index (χ3n) is 5.22. The number of carbonyl (C=O) groups is 2. The number of hydrogen-bond donors (Lipinski definition) is 2. The molecule has 0 atom stereocenters. The maximum absolute atomic E-state index is 12.6. The molecule has 2 aromatic heterocycles. The summed E-state index contributed by atoms with van der Waals surface area (Å²) < 4.78 is 5.28. The normalized spacial score (nSPS) is 13.1. The molecule has 0 spiro atoms. The molecule has 3 aromatic rings. The number of methoxy groups -OCH3 is 1. The molecule has 4 rings (SSSR count). The Hall–Kier alpha value is -2.58. The van der Waals surface area contributed by atoms with Gasteiger partial charge in [-0.1, -0.05) is 11.8 Å². The van der Waals surface area contributed by atoms with Crippen molar-refractivity contribution in [3.63, 3.8) is 0 Å². The molecule has 0 bridgehead atoms. The SMILES string of the molecule is COc1ccc2c(C)cc(SCC(=O)Nc3sc4c(c3C(N)=O)CCCC4)nc2c1. The molecule has 1 aromatic carbocycles. The minimum absolute atomic E-state index is 0.175. The molecule has 0 saturated heterocycles. The van der Waals surface area contributed by atoms with Crippen LogP contribution in [0, 0.1) is 6.92 Å². The van der Waals surface area contributed by atoms with Crippen molar-refractivity contribution < 1.29 is 14.3 Å². The highest BCUT2D eigenvalue weighted by Gasteiger charge is 2.25. The summed E-state index contributed by atoms with van der Waals surface area (Å²) in [5, 5.41) is 5.30. The number of carbonyl (C=O) groups excluding carboxylic acids is 2. The summed E-state index contributed by atoms with van der Waals surface area (Å²) >= 11 is 2.84. The van der Waals surface area contributed by atoms with Crippen LogP contribution in [0.3, 0.4) is 0 Å². The fourth-order valence-electron chi connectivity index (χ4n) is 3.77. The lowest BCUT2D eigenvalue weighted by Crippen LogP contribution is -2.19. The summed E-state index contributed by atoms with van der Waals surface area (Å²) in [5.74, 6) is 0.294. The van der Waals surface area contributed by atoms with Gasteiger partial charge in [0, 0.05) is 16.3 Å². The lowest BCUT2D eigenvalue weighted by molar-refractivity contribution is -0.113. The minimum Gasteiger partial charge on any atom is -0.497 e. The highest BCUT2D eigenvalue weighted by atomic mass is 32.2. The fraction of sp³-hybridized carbons (Fsp3) is 0.318. The molecule has 0 saturated carbocycles. The van der Waals surface area contributed by atoms with Gasteiger partial charge in [0.1, 0.15) is 10.8 Å². The van der Waals surface area contributed by atoms with Gasteiger partial charge in [0.05, 0.1) is 29.0 Å². The van der Waals surface area contributed by atoms with Crippen molar-refractivity contribution in [1.82, 2.24) is 4.98 Å². The van der Waals surface area contributed by atoms with E-state index in [-0.39, 0.29) is 11.7 Å². The van der Waals surface area contributed by atoms with E-state index in [0.29, 0.717) is 10.6 Å². The monoisotopic (exact) mass is 441 g/mol. The molecule has 1 aliphatic rings. The van der Waals surface area contributed by atoms with Crippen LogP contribution < -0.4 is 15.8 Å². The zero-order valence-corrected chi connectivity index (χ0v) is 18.5. The standard InChI is InChI=1S/C22H23N3O3S2/c1-12-9-19(24-16-10-13(28-2)7-8-14(12)16)29-11-18(26)25-22-20(21(23)27)15-5-3-4-6-17(15)30-22/h7-10H,3-6,11H2,1-2H3,(H2,23,27)(H,25,26). The Labute approximate surface area is 183 Å². The zero-order valence-electron chi connectivity index (χ0n) is 16.9. The highest BCUT2D eigenvalue weighted by Crippen LogP contribution is 2.38. The topological polar surface area (TPSA) is 94.3 Å². The zero-order chi connectivity index (χ0) is 21.3. The molecule has 2 amide bonds. The smallest absolute Gasteiger partial charge is 0.251 e. The summed E-state index contributed by atoms with van der Waals surface area (Å²) in [6, 6.07) is 7.77. The number of nitrogens with zero attached hydrogens (tertiary/aromatic N) is 1. The van der Waals surface area contributed by atoms with Gasteiger partial charge in [-0.3, -0.25) is 9.59 Å². The van der Waals surface area contributed by atoms with E-state index in [0.717, 1.165) is 58.5 Å². The Balaban J connectivity index is 1.49. The van der Waals surface area contributed by atoms with E-state index in [1.165, 1.54) is 28.0 Å². The predicted octanol–water partition coefficient (Wildman–Crippen LogP) is 4.32. The van der Waals surface area contributed by atoms with Gasteiger partial charge < -0.3 is 15.8 Å². The lowest BCUT2D eigenvalue weighted by Gasteiger charge is -2.11. The Morgan fingerprint density at radius 1 is 1.27 bits per heavy atom. The second kappa shape index (κ2) is 8.65. The molecule has 8 heteroatoms. The van der Waals surface area contributed by atoms with Gasteiger partial charge >= 0.3 is 0 Å². The molecule has 1 aliphatic carbocycles. The average molecular weight is 442 g/mol. The number of thiophene rings is 1. The number of aryl methyl sites for hydroxylation is 2. The van der Waals surface area contributed by atoms with Crippen LogP contribution >= 0.6 is 23.1 Å². The number of thioether (sulfide) groups is 1. The number of ether oxygens (including phenoxy) is 1. The number of anilines is 1. The first-order chi connectivity index (χ1) is 14.5. The quantitative estimate of drug-likeness (QED) is 0.556. The van der Waals surface area contributed by atoms with Gasteiger partial charge in [0.25, 0.3) is 5.91 Å². The number of fused-ring (bicyclic) bond motifs is 2. The molecule has 30 heavy (non-hydrogen) atoms. The van der Waals surface area contributed by atoms with Gasteiger partial charge in [-0.2, -0.15) is 0 Å². The lowest BCUT2D eigenvalue weighted by atomic mass is 9.95. The number of hydrogen-bond acceptors (Lipinski definition) is 6. The molecule has 0 fully saturated rings. The van der Waals surface area contributed by atoms with Gasteiger partial charge in [-0.15, -0.1) is 11.3 Å². The third kappa shape index (κ3) is 4.15. The van der Waals surface area contributed by atoms with E-state index >= 15 is 0 Å². The molecule has 6 nitrogen and oxygen atoms in total. The van der Waals surface area contributed by atoms with E-state index in [2.05, 4.69) is 10.3 Å². The number of primary amides is 1. The summed E-state index contributed by atoms with van der Waals surface area (Å²) in [6.45, 7) is 2.02. The van der Waals surface area contributed by atoms with Crippen molar-refractivity contribution in [3.05, 3.63) is 45.8 Å². The van der Waals surface area contributed by atoms with Crippen molar-refractivity contribution >= 4 is 50.8 Å². The third-order valence-corrected chi connectivity index (χ3v) is 7.34. The Morgan fingerprint density at radius 3 is 2.83 bits per heavy atom. The Morgan fingerprint density at radius 2 is 2.07 bits per heavy atom. The average Bonchev–Trinajstić information content (AvgIpc) is 3.09. The molecule has 3 N–H and O–H groups in total. The van der Waals surface area contributed by atoms with E-state index in [1.54, 1.807) is 7.11 Å². The largest absolute Gasteiger partial charge is 0.497 e. The molecule has 0 radical (unpaired) electrons. The first-order valence-electron chi connectivity index (χ1n) is 9.78. The molecule has 2 heterocycles. The van der Waals surface area contributed by atoms with Crippen molar-refractivity contribution in [3.8, 4) is 5.75 Å². The van der Waals surface area contributed by atoms with Crippen molar-refractivity contribution in [2.45, 2.75) is 37.6 Å². The van der Waals surface area contributed by atoms with Gasteiger partial charge in [0.15, 0.2) is 0 Å². The number of aromatic nitrogens is 1. The molecular weight excluding hydrogens is 418 g/mol. The van der Waals surface area contributed by atoms with Gasteiger partial charge in [-0.05, 0) is 61.9 Å². The number of amides is 2. The van der Waals surface area contributed by atoms with Crippen molar-refractivity contribution in [1.29, 1.82) is 0 Å². The van der Waals surface area contributed by atoms with Crippen LogP contribution in [-0.4, -0.2) is 29.7 Å². The molecule has 156 valence electrons. The van der Waals surface area contributed by atoms with Crippen LogP contribution in [0.15, 0.2) is 29.3 Å². The Kier molecular flexibility index (Phi) is 5.97. The minimum atomic E-state index is -0.474.